The Morgan fingerprint density at radius 1 is 1.04 bits per heavy atom. The van der Waals surface area contributed by atoms with Crippen LogP contribution in [0.25, 0.3) is 11.1 Å². The molecule has 0 saturated heterocycles. The molecule has 1 saturated carbocycles. The van der Waals surface area contributed by atoms with E-state index in [1.165, 1.54) is 55.4 Å². The summed E-state index contributed by atoms with van der Waals surface area (Å²) in [5.74, 6) is 1.10. The topological polar surface area (TPSA) is 26.0 Å². The minimum absolute atomic E-state index is 0.191. The fourth-order valence-corrected chi connectivity index (χ4v) is 3.89. The highest BCUT2D eigenvalue weighted by Crippen LogP contribution is 2.37. The Kier molecular flexibility index (Phi) is 4.09. The first-order valence-electron chi connectivity index (χ1n) is 8.83. The number of benzene rings is 2. The van der Waals surface area contributed by atoms with Gasteiger partial charge in [0.1, 0.15) is 11.3 Å². The van der Waals surface area contributed by atoms with Crippen LogP contribution in [0.2, 0.25) is 0 Å². The van der Waals surface area contributed by atoms with Crippen molar-refractivity contribution in [2.45, 2.75) is 51.4 Å². The van der Waals surface area contributed by atoms with E-state index in [1.807, 2.05) is 19.1 Å². The van der Waals surface area contributed by atoms with Crippen LogP contribution in [0.15, 0.2) is 40.8 Å². The highest BCUT2D eigenvalue weighted by molar-refractivity contribution is 5.78. The minimum atomic E-state index is -0.191. The molecule has 124 valence electrons. The molecule has 0 aliphatic heterocycles. The summed E-state index contributed by atoms with van der Waals surface area (Å²) < 4.78 is 19.0. The lowest BCUT2D eigenvalue weighted by Gasteiger charge is -2.22. The first-order chi connectivity index (χ1) is 11.7. The Morgan fingerprint density at radius 3 is 2.54 bits per heavy atom. The van der Waals surface area contributed by atoms with Crippen LogP contribution >= 0.6 is 0 Å². The summed E-state index contributed by atoms with van der Waals surface area (Å²) >= 11 is 0. The largest absolute Gasteiger partial charge is 0.441 e. The van der Waals surface area contributed by atoms with Crippen LogP contribution in [0.5, 0.6) is 0 Å². The molecule has 4 rings (SSSR count). The van der Waals surface area contributed by atoms with E-state index in [1.54, 1.807) is 0 Å². The zero-order valence-corrected chi connectivity index (χ0v) is 14.0. The molecule has 0 spiro atoms. The molecule has 1 aromatic heterocycles. The molecule has 2 aromatic carbocycles. The summed E-state index contributed by atoms with van der Waals surface area (Å²) in [6.45, 7) is 1.91. The van der Waals surface area contributed by atoms with Gasteiger partial charge >= 0.3 is 0 Å². The van der Waals surface area contributed by atoms with Crippen molar-refractivity contribution in [2.24, 2.45) is 0 Å². The van der Waals surface area contributed by atoms with Crippen molar-refractivity contribution in [3.05, 3.63) is 64.8 Å². The molecule has 0 amide bonds. The van der Waals surface area contributed by atoms with E-state index >= 15 is 0 Å². The highest BCUT2D eigenvalue weighted by atomic mass is 19.1. The van der Waals surface area contributed by atoms with E-state index in [0.717, 1.165) is 29.0 Å². The maximum atomic E-state index is 13.1. The number of rotatable bonds is 3. The number of oxazole rings is 1. The zero-order chi connectivity index (χ0) is 16.5. The molecule has 24 heavy (non-hydrogen) atoms. The highest BCUT2D eigenvalue weighted by Gasteiger charge is 2.21. The number of nitrogens with zero attached hydrogens (tertiary/aromatic N) is 1. The molecule has 1 fully saturated rings. The van der Waals surface area contributed by atoms with Gasteiger partial charge in [-0.1, -0.05) is 37.5 Å². The Morgan fingerprint density at radius 2 is 1.79 bits per heavy atom. The number of hydrogen-bond donors (Lipinski definition) is 0. The summed E-state index contributed by atoms with van der Waals surface area (Å²) in [7, 11) is 0. The maximum absolute atomic E-state index is 13.1. The lowest BCUT2D eigenvalue weighted by Crippen LogP contribution is -2.05. The molecule has 0 unspecified atom stereocenters. The molecule has 1 aliphatic carbocycles. The number of hydrogen-bond acceptors (Lipinski definition) is 2. The third-order valence-corrected chi connectivity index (χ3v) is 5.05. The number of fused-ring (bicyclic) bond motifs is 1. The summed E-state index contributed by atoms with van der Waals surface area (Å²) in [5.41, 5.74) is 5.56. The van der Waals surface area contributed by atoms with Gasteiger partial charge in [-0.05, 0) is 54.5 Å². The molecule has 3 aromatic rings. The van der Waals surface area contributed by atoms with E-state index in [4.69, 9.17) is 4.42 Å². The number of aromatic nitrogens is 1. The monoisotopic (exact) mass is 323 g/mol. The van der Waals surface area contributed by atoms with Crippen molar-refractivity contribution in [1.29, 1.82) is 0 Å². The third-order valence-electron chi connectivity index (χ3n) is 5.05. The van der Waals surface area contributed by atoms with Crippen LogP contribution in [0.4, 0.5) is 4.39 Å². The fraction of sp³-hybridized carbons (Fsp3) is 0.381. The van der Waals surface area contributed by atoms with Crippen LogP contribution in [0.3, 0.4) is 0 Å². The second-order valence-corrected chi connectivity index (χ2v) is 6.90. The Bertz CT molecular complexity index is 844. The predicted molar refractivity (Wildman–Crippen MR) is 93.8 cm³/mol. The molecule has 0 atom stereocenters. The molecule has 1 aliphatic rings. The van der Waals surface area contributed by atoms with Gasteiger partial charge in [0, 0.05) is 12.5 Å². The van der Waals surface area contributed by atoms with E-state index in [0.29, 0.717) is 5.92 Å². The third kappa shape index (κ3) is 3.08. The minimum Gasteiger partial charge on any atom is -0.441 e. The molecule has 2 nitrogen and oxygen atoms in total. The van der Waals surface area contributed by atoms with Crippen molar-refractivity contribution in [3.63, 3.8) is 0 Å². The van der Waals surface area contributed by atoms with E-state index < -0.39 is 0 Å². The predicted octanol–water partition coefficient (Wildman–Crippen LogP) is 5.91. The lowest BCUT2D eigenvalue weighted by atomic mass is 9.83. The van der Waals surface area contributed by atoms with Crippen molar-refractivity contribution in [2.75, 3.05) is 0 Å². The molecule has 0 N–H and O–H groups in total. The van der Waals surface area contributed by atoms with Gasteiger partial charge in [0.15, 0.2) is 11.5 Å². The van der Waals surface area contributed by atoms with Gasteiger partial charge < -0.3 is 4.42 Å². The van der Waals surface area contributed by atoms with E-state index in [2.05, 4.69) is 17.1 Å². The average Bonchev–Trinajstić information content (AvgIpc) is 2.97. The second kappa shape index (κ2) is 6.39. The van der Waals surface area contributed by atoms with Crippen LogP contribution < -0.4 is 0 Å². The molecular formula is C21H22FNO. The van der Waals surface area contributed by atoms with Crippen molar-refractivity contribution in [1.82, 2.24) is 4.98 Å². The smallest absolute Gasteiger partial charge is 0.192 e. The van der Waals surface area contributed by atoms with Gasteiger partial charge in [0.05, 0.1) is 0 Å². The summed E-state index contributed by atoms with van der Waals surface area (Å²) in [6.07, 6.45) is 7.18. The summed E-state index contributed by atoms with van der Waals surface area (Å²) in [5, 5.41) is 0. The van der Waals surface area contributed by atoms with Crippen LogP contribution in [-0.2, 0) is 6.42 Å². The second-order valence-electron chi connectivity index (χ2n) is 6.90. The molecule has 0 radical (unpaired) electrons. The van der Waals surface area contributed by atoms with Gasteiger partial charge in [-0.2, -0.15) is 0 Å². The first-order valence-corrected chi connectivity index (χ1v) is 8.83. The van der Waals surface area contributed by atoms with Crippen LogP contribution in [-0.4, -0.2) is 4.98 Å². The zero-order valence-electron chi connectivity index (χ0n) is 14.0. The summed E-state index contributed by atoms with van der Waals surface area (Å²) in [6, 6.07) is 11.2. The maximum Gasteiger partial charge on any atom is 0.192 e. The Hall–Kier alpha value is -2.16. The fourth-order valence-electron chi connectivity index (χ4n) is 3.89. The lowest BCUT2D eigenvalue weighted by molar-refractivity contribution is 0.440. The standard InChI is InChI=1S/C21H22FNO/c1-14-23-20-13-16(11-15-7-9-18(22)10-8-15)12-19(21(20)24-14)17-5-3-2-4-6-17/h7-10,12-13,17H,2-6,11H2,1H3. The molecule has 0 bridgehead atoms. The average molecular weight is 323 g/mol. The van der Waals surface area contributed by atoms with Gasteiger partial charge in [-0.15, -0.1) is 0 Å². The molecule has 3 heteroatoms. The Labute approximate surface area is 141 Å². The van der Waals surface area contributed by atoms with Crippen molar-refractivity contribution < 1.29 is 8.81 Å². The number of aryl methyl sites for hydroxylation is 1. The van der Waals surface area contributed by atoms with Crippen LogP contribution in [0.1, 0.15) is 60.6 Å². The summed E-state index contributed by atoms with van der Waals surface area (Å²) in [4.78, 5) is 4.56. The first kappa shape index (κ1) is 15.4. The SMILES string of the molecule is Cc1nc2cc(Cc3ccc(F)cc3)cc(C3CCCCC3)c2o1. The number of halogens is 1. The van der Waals surface area contributed by atoms with E-state index in [9.17, 15) is 4.39 Å². The van der Waals surface area contributed by atoms with Gasteiger partial charge in [-0.25, -0.2) is 9.37 Å². The molecular weight excluding hydrogens is 301 g/mol. The van der Waals surface area contributed by atoms with Crippen molar-refractivity contribution >= 4 is 11.1 Å². The van der Waals surface area contributed by atoms with Crippen molar-refractivity contribution in [3.8, 4) is 0 Å². The quantitative estimate of drug-likeness (QED) is 0.598. The van der Waals surface area contributed by atoms with Gasteiger partial charge in [0.2, 0.25) is 0 Å². The Balaban J connectivity index is 1.74. The van der Waals surface area contributed by atoms with Gasteiger partial charge in [-0.3, -0.25) is 0 Å². The normalized spacial score (nSPS) is 15.9. The molecule has 1 heterocycles. The van der Waals surface area contributed by atoms with Gasteiger partial charge in [0.25, 0.3) is 0 Å². The van der Waals surface area contributed by atoms with Crippen LogP contribution in [0, 0.1) is 12.7 Å². The van der Waals surface area contributed by atoms with E-state index in [-0.39, 0.29) is 5.82 Å².